The molecule has 0 spiro atoms. The lowest BCUT2D eigenvalue weighted by atomic mass is 10.0. The third kappa shape index (κ3) is 3.00. The van der Waals surface area contributed by atoms with E-state index in [4.69, 9.17) is 0 Å². The molecule has 1 aliphatic heterocycles. The Kier molecular flexibility index (Phi) is 3.97. The van der Waals surface area contributed by atoms with Crippen LogP contribution in [0.25, 0.3) is 11.6 Å². The van der Waals surface area contributed by atoms with Crippen molar-refractivity contribution in [1.82, 2.24) is 0 Å². The maximum Gasteiger partial charge on any atom is 0.279 e. The Morgan fingerprint density at radius 3 is 2.04 bits per heavy atom. The van der Waals surface area contributed by atoms with E-state index in [1.807, 2.05) is 91.0 Å². The van der Waals surface area contributed by atoms with Crippen LogP contribution in [-0.2, 0) is 4.79 Å². The molecule has 0 saturated carbocycles. The van der Waals surface area contributed by atoms with Crippen molar-refractivity contribution in [1.29, 1.82) is 0 Å². The number of fused-ring (bicyclic) bond motifs is 1. The second kappa shape index (κ2) is 6.57. The number of benzene rings is 3. The van der Waals surface area contributed by atoms with Crippen LogP contribution in [0.5, 0.6) is 0 Å². The van der Waals surface area contributed by atoms with Gasteiger partial charge in [0, 0.05) is 5.56 Å². The molecule has 0 atom stereocenters. The standard InChI is InChI=1S/C22H16N2O/c25-22-20(15-17-9-3-1-4-10-17)19-13-7-8-14-21(19)24(22)23-16-18-11-5-2-6-12-18/h1-16H/b20-15+,23-16+. The molecule has 1 heterocycles. The van der Waals surface area contributed by atoms with Gasteiger partial charge in [-0.1, -0.05) is 78.9 Å². The van der Waals surface area contributed by atoms with Gasteiger partial charge in [0.1, 0.15) is 0 Å². The number of amides is 1. The summed E-state index contributed by atoms with van der Waals surface area (Å²) in [5, 5.41) is 5.89. The van der Waals surface area contributed by atoms with Gasteiger partial charge in [-0.3, -0.25) is 4.79 Å². The number of hydrogen-bond donors (Lipinski definition) is 0. The first-order valence-corrected chi connectivity index (χ1v) is 8.12. The van der Waals surface area contributed by atoms with E-state index < -0.39 is 0 Å². The number of rotatable bonds is 3. The molecule has 1 amide bonds. The predicted molar refractivity (Wildman–Crippen MR) is 102 cm³/mol. The minimum atomic E-state index is -0.114. The summed E-state index contributed by atoms with van der Waals surface area (Å²) in [4.78, 5) is 12.9. The van der Waals surface area contributed by atoms with Crippen molar-refractivity contribution >= 4 is 29.5 Å². The molecule has 4 rings (SSSR count). The molecule has 0 unspecified atom stereocenters. The van der Waals surface area contributed by atoms with E-state index in [0.29, 0.717) is 5.57 Å². The SMILES string of the molecule is O=C1/C(=C/c2ccccc2)c2ccccc2N1/N=C/c1ccccc1. The smallest absolute Gasteiger partial charge is 0.267 e. The number of nitrogens with zero attached hydrogens (tertiary/aromatic N) is 2. The van der Waals surface area contributed by atoms with Gasteiger partial charge >= 0.3 is 0 Å². The van der Waals surface area contributed by atoms with Gasteiger partial charge in [0.25, 0.3) is 5.91 Å². The zero-order valence-corrected chi connectivity index (χ0v) is 13.5. The highest BCUT2D eigenvalue weighted by atomic mass is 16.2. The van der Waals surface area contributed by atoms with Crippen LogP contribution in [0.4, 0.5) is 5.69 Å². The molecular formula is C22H16N2O. The van der Waals surface area contributed by atoms with E-state index >= 15 is 0 Å². The fourth-order valence-electron chi connectivity index (χ4n) is 2.86. The molecule has 0 radical (unpaired) electrons. The van der Waals surface area contributed by atoms with Gasteiger partial charge in [-0.25, -0.2) is 0 Å². The van der Waals surface area contributed by atoms with Gasteiger partial charge in [-0.2, -0.15) is 10.1 Å². The van der Waals surface area contributed by atoms with E-state index in [9.17, 15) is 4.79 Å². The molecule has 0 bridgehead atoms. The van der Waals surface area contributed by atoms with Gasteiger partial charge in [-0.05, 0) is 23.3 Å². The van der Waals surface area contributed by atoms with E-state index in [1.54, 1.807) is 6.21 Å². The molecule has 1 aliphatic rings. The normalized spacial score (nSPS) is 15.1. The average molecular weight is 324 g/mol. The third-order valence-electron chi connectivity index (χ3n) is 4.08. The van der Waals surface area contributed by atoms with Crippen molar-refractivity contribution in [2.24, 2.45) is 5.10 Å². The maximum absolute atomic E-state index is 12.9. The second-order valence-corrected chi connectivity index (χ2v) is 5.76. The lowest BCUT2D eigenvalue weighted by Crippen LogP contribution is -2.20. The largest absolute Gasteiger partial charge is 0.279 e. The molecule has 3 nitrogen and oxygen atoms in total. The number of carbonyl (C=O) groups is 1. The zero-order chi connectivity index (χ0) is 17.1. The van der Waals surface area contributed by atoms with Gasteiger partial charge in [-0.15, -0.1) is 0 Å². The Morgan fingerprint density at radius 1 is 0.720 bits per heavy atom. The Bertz CT molecular complexity index is 960. The summed E-state index contributed by atoms with van der Waals surface area (Å²) in [6.07, 6.45) is 3.62. The molecule has 0 fully saturated rings. The molecule has 3 heteroatoms. The first kappa shape index (κ1) is 15.1. The fourth-order valence-corrected chi connectivity index (χ4v) is 2.86. The van der Waals surface area contributed by atoms with E-state index in [1.165, 1.54) is 5.01 Å². The van der Waals surface area contributed by atoms with Crippen LogP contribution in [0, 0.1) is 0 Å². The highest BCUT2D eigenvalue weighted by Crippen LogP contribution is 2.37. The van der Waals surface area contributed by atoms with Gasteiger partial charge in [0.15, 0.2) is 0 Å². The molecule has 25 heavy (non-hydrogen) atoms. The number of anilines is 1. The highest BCUT2D eigenvalue weighted by molar-refractivity contribution is 6.35. The van der Waals surface area contributed by atoms with Crippen molar-refractivity contribution in [2.45, 2.75) is 0 Å². The first-order chi connectivity index (χ1) is 12.3. The molecule has 0 N–H and O–H groups in total. The van der Waals surface area contributed by atoms with E-state index in [2.05, 4.69) is 5.10 Å². The number of para-hydroxylation sites is 1. The Hall–Kier alpha value is -3.46. The number of hydrazone groups is 1. The molecule has 0 aliphatic carbocycles. The minimum Gasteiger partial charge on any atom is -0.267 e. The quantitative estimate of drug-likeness (QED) is 0.511. The monoisotopic (exact) mass is 324 g/mol. The topological polar surface area (TPSA) is 32.7 Å². The maximum atomic E-state index is 12.9. The summed E-state index contributed by atoms with van der Waals surface area (Å²) in [5.74, 6) is -0.114. The van der Waals surface area contributed by atoms with Gasteiger partial charge in [0.05, 0.1) is 17.5 Å². The van der Waals surface area contributed by atoms with Gasteiger partial charge in [0.2, 0.25) is 0 Å². The third-order valence-corrected chi connectivity index (χ3v) is 4.08. The van der Waals surface area contributed by atoms with Crippen LogP contribution in [0.15, 0.2) is 90.0 Å². The van der Waals surface area contributed by atoms with Crippen LogP contribution in [0.3, 0.4) is 0 Å². The van der Waals surface area contributed by atoms with Crippen molar-refractivity contribution in [3.63, 3.8) is 0 Å². The summed E-state index contributed by atoms with van der Waals surface area (Å²) in [6.45, 7) is 0. The Balaban J connectivity index is 1.74. The summed E-state index contributed by atoms with van der Waals surface area (Å²) < 4.78 is 0. The molecule has 3 aromatic rings. The predicted octanol–water partition coefficient (Wildman–Crippen LogP) is 4.61. The molecule has 120 valence electrons. The van der Waals surface area contributed by atoms with Crippen LogP contribution in [0.1, 0.15) is 16.7 Å². The Labute approximate surface area is 146 Å². The first-order valence-electron chi connectivity index (χ1n) is 8.12. The number of hydrogen-bond acceptors (Lipinski definition) is 2. The lowest BCUT2D eigenvalue weighted by Gasteiger charge is -2.09. The van der Waals surface area contributed by atoms with E-state index in [-0.39, 0.29) is 5.91 Å². The zero-order valence-electron chi connectivity index (χ0n) is 13.5. The summed E-state index contributed by atoms with van der Waals surface area (Å²) in [6, 6.07) is 27.3. The molecule has 0 aromatic heterocycles. The second-order valence-electron chi connectivity index (χ2n) is 5.76. The summed E-state index contributed by atoms with van der Waals surface area (Å²) in [7, 11) is 0. The van der Waals surface area contributed by atoms with Gasteiger partial charge < -0.3 is 0 Å². The average Bonchev–Trinajstić information content (AvgIpc) is 2.93. The van der Waals surface area contributed by atoms with Crippen LogP contribution in [-0.4, -0.2) is 12.1 Å². The van der Waals surface area contributed by atoms with Crippen molar-refractivity contribution in [3.8, 4) is 0 Å². The van der Waals surface area contributed by atoms with Crippen molar-refractivity contribution in [2.75, 3.05) is 5.01 Å². The number of carbonyl (C=O) groups excluding carboxylic acids is 1. The fraction of sp³-hybridized carbons (Fsp3) is 0. The molecule has 3 aromatic carbocycles. The molecular weight excluding hydrogens is 308 g/mol. The lowest BCUT2D eigenvalue weighted by molar-refractivity contribution is -0.112. The summed E-state index contributed by atoms with van der Waals surface area (Å²) in [5.41, 5.74) is 4.32. The van der Waals surface area contributed by atoms with Crippen LogP contribution < -0.4 is 5.01 Å². The molecule has 0 saturated heterocycles. The van der Waals surface area contributed by atoms with Crippen LogP contribution >= 0.6 is 0 Å². The Morgan fingerprint density at radius 2 is 1.32 bits per heavy atom. The van der Waals surface area contributed by atoms with Crippen molar-refractivity contribution < 1.29 is 4.79 Å². The minimum absolute atomic E-state index is 0.114. The van der Waals surface area contributed by atoms with Crippen molar-refractivity contribution in [3.05, 3.63) is 102 Å². The van der Waals surface area contributed by atoms with E-state index in [0.717, 1.165) is 22.4 Å². The highest BCUT2D eigenvalue weighted by Gasteiger charge is 2.31. The van der Waals surface area contributed by atoms with Crippen LogP contribution in [0.2, 0.25) is 0 Å². The summed E-state index contributed by atoms with van der Waals surface area (Å²) >= 11 is 0.